The van der Waals surface area contributed by atoms with Gasteiger partial charge in [-0.15, -0.1) is 0 Å². The summed E-state index contributed by atoms with van der Waals surface area (Å²) in [7, 11) is 0. The van der Waals surface area contributed by atoms with Gasteiger partial charge in [0.1, 0.15) is 12.1 Å². The van der Waals surface area contributed by atoms with E-state index in [4.69, 9.17) is 17.2 Å². The highest BCUT2D eigenvalue weighted by molar-refractivity contribution is 5.92. The predicted molar refractivity (Wildman–Crippen MR) is 176 cm³/mol. The van der Waals surface area contributed by atoms with E-state index in [0.29, 0.717) is 25.8 Å². The lowest BCUT2D eigenvalue weighted by molar-refractivity contribution is -0.131. The van der Waals surface area contributed by atoms with Crippen LogP contribution >= 0.6 is 0 Å². The highest BCUT2D eigenvalue weighted by atomic mass is 16.2. The highest BCUT2D eigenvalue weighted by Gasteiger charge is 2.23. The van der Waals surface area contributed by atoms with Crippen molar-refractivity contribution in [2.45, 2.75) is 128 Å². The zero-order valence-electron chi connectivity index (χ0n) is 26.8. The molecule has 0 saturated carbocycles. The number of unbranched alkanes of at least 4 members (excludes halogenated alkanes) is 12. The predicted octanol–water partition coefficient (Wildman–Crippen LogP) is 3.34. The fourth-order valence-electron chi connectivity index (χ4n) is 4.95. The van der Waals surface area contributed by atoms with Crippen LogP contribution in [0.1, 0.15) is 115 Å². The average molecular weight is 616 g/mol. The highest BCUT2D eigenvalue weighted by Crippen LogP contribution is 2.13. The van der Waals surface area contributed by atoms with Gasteiger partial charge < -0.3 is 33.2 Å². The van der Waals surface area contributed by atoms with E-state index >= 15 is 0 Å². The van der Waals surface area contributed by atoms with Gasteiger partial charge in [-0.05, 0) is 24.8 Å². The number of carbonyl (C=O) groups excluding carboxylic acids is 4. The van der Waals surface area contributed by atoms with Crippen molar-refractivity contribution in [3.05, 3.63) is 35.9 Å². The zero-order valence-corrected chi connectivity index (χ0v) is 26.8. The molecule has 0 aliphatic heterocycles. The molecular weight excluding hydrogens is 558 g/mol. The van der Waals surface area contributed by atoms with Crippen molar-refractivity contribution >= 4 is 29.6 Å². The molecule has 0 fully saturated rings. The average Bonchev–Trinajstić information content (AvgIpc) is 2.99. The van der Waals surface area contributed by atoms with Gasteiger partial charge in [0.15, 0.2) is 5.96 Å². The normalized spacial score (nSPS) is 12.1. The van der Waals surface area contributed by atoms with Gasteiger partial charge in [-0.3, -0.25) is 24.2 Å². The number of hydrogen-bond donors (Lipinski definition) is 6. The molecule has 1 rings (SSSR count). The van der Waals surface area contributed by atoms with Gasteiger partial charge in [0, 0.05) is 19.4 Å². The fraction of sp³-hybridized carbons (Fsp3) is 0.667. The molecule has 0 radical (unpaired) electrons. The second-order valence-electron chi connectivity index (χ2n) is 11.5. The van der Waals surface area contributed by atoms with Crippen LogP contribution in [0.25, 0.3) is 0 Å². The Morgan fingerprint density at radius 1 is 0.705 bits per heavy atom. The second-order valence-corrected chi connectivity index (χ2v) is 11.5. The molecule has 0 bridgehead atoms. The summed E-state index contributed by atoms with van der Waals surface area (Å²) in [5, 5.41) is 7.93. The molecule has 248 valence electrons. The summed E-state index contributed by atoms with van der Waals surface area (Å²) in [5.41, 5.74) is 17.1. The summed E-state index contributed by atoms with van der Waals surface area (Å²) in [6.07, 6.45) is 17.2. The molecule has 9 N–H and O–H groups in total. The smallest absolute Gasteiger partial charge is 0.243 e. The molecule has 11 heteroatoms. The molecule has 0 aliphatic rings. The van der Waals surface area contributed by atoms with Crippen LogP contribution in [0.2, 0.25) is 0 Å². The summed E-state index contributed by atoms with van der Waals surface area (Å²) >= 11 is 0. The van der Waals surface area contributed by atoms with Gasteiger partial charge in [0.2, 0.25) is 23.6 Å². The van der Waals surface area contributed by atoms with E-state index in [2.05, 4.69) is 27.9 Å². The maximum atomic E-state index is 12.9. The van der Waals surface area contributed by atoms with Crippen molar-refractivity contribution in [1.29, 1.82) is 0 Å². The van der Waals surface area contributed by atoms with Crippen LogP contribution in [0, 0.1) is 0 Å². The lowest BCUT2D eigenvalue weighted by Gasteiger charge is -2.19. The van der Waals surface area contributed by atoms with Crippen LogP contribution in [-0.4, -0.2) is 54.8 Å². The van der Waals surface area contributed by atoms with Crippen LogP contribution in [0.3, 0.4) is 0 Å². The number of nitrogens with zero attached hydrogens (tertiary/aromatic N) is 1. The van der Waals surface area contributed by atoms with Gasteiger partial charge in [-0.2, -0.15) is 0 Å². The fourth-order valence-corrected chi connectivity index (χ4v) is 4.95. The Hall–Kier alpha value is -3.63. The molecule has 4 amide bonds. The van der Waals surface area contributed by atoms with Crippen molar-refractivity contribution < 1.29 is 19.2 Å². The third-order valence-corrected chi connectivity index (χ3v) is 7.49. The van der Waals surface area contributed by atoms with Crippen LogP contribution in [0.15, 0.2) is 35.3 Å². The monoisotopic (exact) mass is 615 g/mol. The Balaban J connectivity index is 2.41. The number of nitrogens with one attached hydrogen (secondary N) is 3. The van der Waals surface area contributed by atoms with Gasteiger partial charge in [0.25, 0.3) is 0 Å². The van der Waals surface area contributed by atoms with E-state index in [1.807, 2.05) is 30.3 Å². The van der Waals surface area contributed by atoms with Gasteiger partial charge in [0.05, 0.1) is 6.54 Å². The lowest BCUT2D eigenvalue weighted by Crippen LogP contribution is -2.52. The first kappa shape index (κ1) is 38.4. The largest absolute Gasteiger partial charge is 0.370 e. The third kappa shape index (κ3) is 20.3. The Kier molecular flexibility index (Phi) is 21.6. The number of nitrogens with two attached hydrogens (primary N) is 3. The SMILES string of the molecule is CCCCCCCCCCCCCCCC(=O)N[C@@H](CCCN=C(N)N)C(=O)NCC(=O)N[C@@H](Cc1ccccc1)C(N)=O. The first-order valence-corrected chi connectivity index (χ1v) is 16.5. The first-order valence-electron chi connectivity index (χ1n) is 16.5. The molecule has 0 unspecified atom stereocenters. The van der Waals surface area contributed by atoms with E-state index in [1.54, 1.807) is 0 Å². The maximum absolute atomic E-state index is 12.9. The number of carbonyl (C=O) groups is 4. The number of hydrogen-bond acceptors (Lipinski definition) is 5. The van der Waals surface area contributed by atoms with Gasteiger partial charge in [-0.25, -0.2) is 0 Å². The Bertz CT molecular complexity index is 984. The third-order valence-electron chi connectivity index (χ3n) is 7.49. The molecule has 1 aromatic rings. The van der Waals surface area contributed by atoms with Crippen LogP contribution in [0.4, 0.5) is 0 Å². The first-order chi connectivity index (χ1) is 21.2. The molecule has 11 nitrogen and oxygen atoms in total. The molecule has 44 heavy (non-hydrogen) atoms. The Morgan fingerprint density at radius 2 is 1.25 bits per heavy atom. The van der Waals surface area contributed by atoms with Crippen LogP contribution in [-0.2, 0) is 25.6 Å². The summed E-state index contributed by atoms with van der Waals surface area (Å²) in [6.45, 7) is 2.18. The van der Waals surface area contributed by atoms with Gasteiger partial charge in [-0.1, -0.05) is 114 Å². The molecular formula is C33H57N7O4. The summed E-state index contributed by atoms with van der Waals surface area (Å²) in [4.78, 5) is 53.9. The lowest BCUT2D eigenvalue weighted by atomic mass is 10.0. The van der Waals surface area contributed by atoms with E-state index in [-0.39, 0.29) is 24.8 Å². The van der Waals surface area contributed by atoms with Crippen molar-refractivity contribution in [1.82, 2.24) is 16.0 Å². The van der Waals surface area contributed by atoms with E-state index in [1.165, 1.54) is 64.2 Å². The second kappa shape index (κ2) is 24.8. The number of aliphatic imine (C=N–C) groups is 1. The molecule has 0 aliphatic carbocycles. The quantitative estimate of drug-likeness (QED) is 0.0525. The molecule has 2 atom stereocenters. The number of rotatable bonds is 26. The topological polar surface area (TPSA) is 195 Å². The van der Waals surface area contributed by atoms with E-state index in [9.17, 15) is 19.2 Å². The number of amides is 4. The molecule has 1 aromatic carbocycles. The maximum Gasteiger partial charge on any atom is 0.243 e. The van der Waals surface area contributed by atoms with Crippen molar-refractivity contribution in [3.8, 4) is 0 Å². The number of benzene rings is 1. The Morgan fingerprint density at radius 3 is 1.80 bits per heavy atom. The van der Waals surface area contributed by atoms with Crippen LogP contribution in [0.5, 0.6) is 0 Å². The molecule has 0 heterocycles. The number of guanidine groups is 1. The summed E-state index contributed by atoms with van der Waals surface area (Å²) in [5.74, 6) is -1.99. The number of primary amides is 1. The van der Waals surface area contributed by atoms with Crippen molar-refractivity contribution in [3.63, 3.8) is 0 Å². The minimum atomic E-state index is -0.919. The Labute approximate surface area is 263 Å². The summed E-state index contributed by atoms with van der Waals surface area (Å²) in [6, 6.07) is 7.41. The van der Waals surface area contributed by atoms with Gasteiger partial charge >= 0.3 is 0 Å². The van der Waals surface area contributed by atoms with Crippen molar-refractivity contribution in [2.24, 2.45) is 22.2 Å². The minimum absolute atomic E-state index is 0.0476. The molecule has 0 spiro atoms. The standard InChI is InChI=1S/C33H57N7O4/c1-2-3-4-5-6-7-8-9-10-11-12-13-17-22-29(41)39-27(21-18-23-37-33(35)36)32(44)38-25-30(42)40-28(31(34)43)24-26-19-15-14-16-20-26/h14-16,19-20,27-28H,2-13,17-18,21-25H2,1H3,(H2,34,43)(H,38,44)(H,39,41)(H,40,42)(H4,35,36,37)/t27-,28-/m0/s1. The van der Waals surface area contributed by atoms with E-state index in [0.717, 1.165) is 24.8 Å². The molecule has 0 saturated heterocycles. The minimum Gasteiger partial charge on any atom is -0.370 e. The van der Waals surface area contributed by atoms with Crippen molar-refractivity contribution in [2.75, 3.05) is 13.1 Å². The summed E-state index contributed by atoms with van der Waals surface area (Å²) < 4.78 is 0. The van der Waals surface area contributed by atoms with E-state index < -0.39 is 29.8 Å². The van der Waals surface area contributed by atoms with Crippen LogP contribution < -0.4 is 33.2 Å². The molecule has 0 aromatic heterocycles. The zero-order chi connectivity index (χ0) is 32.4.